The van der Waals surface area contributed by atoms with Gasteiger partial charge < -0.3 is 16.0 Å². The zero-order valence-electron chi connectivity index (χ0n) is 12.0. The van der Waals surface area contributed by atoms with E-state index in [2.05, 4.69) is 24.1 Å². The van der Waals surface area contributed by atoms with Gasteiger partial charge in [0, 0.05) is 18.5 Å². The van der Waals surface area contributed by atoms with Gasteiger partial charge in [-0.3, -0.25) is 4.79 Å². The van der Waals surface area contributed by atoms with Gasteiger partial charge in [0.05, 0.1) is 0 Å². The van der Waals surface area contributed by atoms with Gasteiger partial charge in [-0.1, -0.05) is 13.8 Å². The summed E-state index contributed by atoms with van der Waals surface area (Å²) in [4.78, 5) is 14.2. The minimum atomic E-state index is 0.169. The quantitative estimate of drug-likeness (QED) is 0.644. The zero-order chi connectivity index (χ0) is 13.4. The maximum atomic E-state index is 11.8. The molecule has 0 aromatic carbocycles. The molecule has 0 saturated heterocycles. The number of unbranched alkanes of at least 4 members (excludes halogenated alkanes) is 1. The molecule has 3 N–H and O–H groups in total. The minimum Gasteiger partial charge on any atom is -0.356 e. The molecule has 1 amide bonds. The van der Waals surface area contributed by atoms with E-state index in [1.165, 1.54) is 0 Å². The van der Waals surface area contributed by atoms with E-state index in [0.717, 1.165) is 58.3 Å². The predicted octanol–water partition coefficient (Wildman–Crippen LogP) is 1.35. The summed E-state index contributed by atoms with van der Waals surface area (Å²) < 4.78 is 0. The third-order valence-corrected chi connectivity index (χ3v) is 3.94. The summed E-state index contributed by atoms with van der Waals surface area (Å²) >= 11 is 0. The molecule has 4 heteroatoms. The molecule has 1 aliphatic carbocycles. The Morgan fingerprint density at radius 1 is 1.28 bits per heavy atom. The van der Waals surface area contributed by atoms with E-state index >= 15 is 0 Å². The van der Waals surface area contributed by atoms with Crippen molar-refractivity contribution in [2.24, 2.45) is 11.7 Å². The molecule has 18 heavy (non-hydrogen) atoms. The van der Waals surface area contributed by atoms with Crippen LogP contribution in [0.1, 0.15) is 46.0 Å². The smallest absolute Gasteiger partial charge is 0.223 e. The molecule has 0 bridgehead atoms. The van der Waals surface area contributed by atoms with Crippen LogP contribution in [-0.4, -0.2) is 43.0 Å². The summed E-state index contributed by atoms with van der Waals surface area (Å²) in [5, 5.41) is 3.04. The Bertz CT molecular complexity index is 241. The highest BCUT2D eigenvalue weighted by atomic mass is 16.1. The molecule has 2 unspecified atom stereocenters. The number of hydrogen-bond acceptors (Lipinski definition) is 3. The van der Waals surface area contributed by atoms with Crippen LogP contribution in [-0.2, 0) is 4.79 Å². The predicted molar refractivity (Wildman–Crippen MR) is 75.3 cm³/mol. The zero-order valence-corrected chi connectivity index (χ0v) is 12.0. The van der Waals surface area contributed by atoms with Gasteiger partial charge in [0.15, 0.2) is 0 Å². The molecule has 4 nitrogen and oxygen atoms in total. The maximum absolute atomic E-state index is 11.8. The fourth-order valence-corrected chi connectivity index (χ4v) is 2.61. The lowest BCUT2D eigenvalue weighted by molar-refractivity contribution is -0.124. The average molecular weight is 255 g/mol. The molecule has 106 valence electrons. The van der Waals surface area contributed by atoms with E-state index in [1.807, 2.05) is 0 Å². The van der Waals surface area contributed by atoms with E-state index in [4.69, 9.17) is 5.73 Å². The number of nitrogens with two attached hydrogens (primary N) is 1. The van der Waals surface area contributed by atoms with Gasteiger partial charge in [-0.05, 0) is 51.7 Å². The Balaban J connectivity index is 2.02. The summed E-state index contributed by atoms with van der Waals surface area (Å²) in [6.07, 6.45) is 5.06. The highest BCUT2D eigenvalue weighted by Crippen LogP contribution is 2.23. The summed E-state index contributed by atoms with van der Waals surface area (Å²) in [5.74, 6) is 0.383. The second-order valence-electron chi connectivity index (χ2n) is 5.30. The van der Waals surface area contributed by atoms with Crippen molar-refractivity contribution >= 4 is 5.91 Å². The van der Waals surface area contributed by atoms with Crippen molar-refractivity contribution < 1.29 is 4.79 Å². The molecule has 1 saturated carbocycles. The normalized spacial score (nSPS) is 23.6. The Labute approximate surface area is 111 Å². The van der Waals surface area contributed by atoms with Crippen molar-refractivity contribution in [1.29, 1.82) is 0 Å². The Morgan fingerprint density at radius 3 is 2.56 bits per heavy atom. The van der Waals surface area contributed by atoms with E-state index < -0.39 is 0 Å². The van der Waals surface area contributed by atoms with Crippen LogP contribution in [0.15, 0.2) is 0 Å². The van der Waals surface area contributed by atoms with Crippen LogP contribution in [0.4, 0.5) is 0 Å². The lowest BCUT2D eigenvalue weighted by atomic mass is 10.1. The van der Waals surface area contributed by atoms with E-state index in [1.54, 1.807) is 0 Å². The number of carbonyl (C=O) groups is 1. The van der Waals surface area contributed by atoms with Crippen LogP contribution >= 0.6 is 0 Å². The second-order valence-corrected chi connectivity index (χ2v) is 5.30. The molecule has 0 aromatic heterocycles. The molecule has 0 spiro atoms. The van der Waals surface area contributed by atoms with E-state index in [0.29, 0.717) is 0 Å². The van der Waals surface area contributed by atoms with E-state index in [9.17, 15) is 4.79 Å². The van der Waals surface area contributed by atoms with Crippen LogP contribution in [0.2, 0.25) is 0 Å². The van der Waals surface area contributed by atoms with Gasteiger partial charge in [-0.15, -0.1) is 0 Å². The fourth-order valence-electron chi connectivity index (χ4n) is 2.61. The first-order chi connectivity index (χ1) is 8.67. The largest absolute Gasteiger partial charge is 0.356 e. The Kier molecular flexibility index (Phi) is 7.28. The van der Waals surface area contributed by atoms with Crippen LogP contribution in [0, 0.1) is 5.92 Å². The van der Waals surface area contributed by atoms with Crippen molar-refractivity contribution in [3.8, 4) is 0 Å². The molecule has 1 rings (SSSR count). The van der Waals surface area contributed by atoms with Gasteiger partial charge >= 0.3 is 0 Å². The van der Waals surface area contributed by atoms with Gasteiger partial charge in [0.1, 0.15) is 0 Å². The first-order valence-electron chi connectivity index (χ1n) is 7.43. The molecule has 0 heterocycles. The van der Waals surface area contributed by atoms with Crippen LogP contribution in [0.5, 0.6) is 0 Å². The lowest BCUT2D eigenvalue weighted by Gasteiger charge is -2.17. The first-order valence-corrected chi connectivity index (χ1v) is 7.43. The molecular formula is C14H29N3O. The van der Waals surface area contributed by atoms with Gasteiger partial charge in [-0.2, -0.15) is 0 Å². The highest BCUT2D eigenvalue weighted by Gasteiger charge is 2.27. The SMILES string of the molecule is CCN(CC)CCCCNC(=O)C1CCC(N)C1. The standard InChI is InChI=1S/C14H29N3O/c1-3-17(4-2)10-6-5-9-16-14(18)12-7-8-13(15)11-12/h12-13H,3-11,15H2,1-2H3,(H,16,18). The summed E-state index contributed by atoms with van der Waals surface area (Å²) in [7, 11) is 0. The number of rotatable bonds is 8. The monoisotopic (exact) mass is 255 g/mol. The van der Waals surface area contributed by atoms with Crippen LogP contribution in [0.3, 0.4) is 0 Å². The number of amides is 1. The van der Waals surface area contributed by atoms with Gasteiger partial charge in [0.25, 0.3) is 0 Å². The number of nitrogens with one attached hydrogen (secondary N) is 1. The van der Waals surface area contributed by atoms with E-state index in [-0.39, 0.29) is 17.9 Å². The second kappa shape index (κ2) is 8.48. The van der Waals surface area contributed by atoms with Crippen molar-refractivity contribution in [3.63, 3.8) is 0 Å². The molecule has 2 atom stereocenters. The Morgan fingerprint density at radius 2 is 2.00 bits per heavy atom. The van der Waals surface area contributed by atoms with Crippen LogP contribution in [0.25, 0.3) is 0 Å². The first kappa shape index (κ1) is 15.4. The summed E-state index contributed by atoms with van der Waals surface area (Å²) in [6.45, 7) is 8.55. The van der Waals surface area contributed by atoms with Gasteiger partial charge in [-0.25, -0.2) is 0 Å². The molecule has 1 fully saturated rings. The Hall–Kier alpha value is -0.610. The molecule has 0 aromatic rings. The fraction of sp³-hybridized carbons (Fsp3) is 0.929. The topological polar surface area (TPSA) is 58.4 Å². The lowest BCUT2D eigenvalue weighted by Crippen LogP contribution is -2.31. The average Bonchev–Trinajstić information content (AvgIpc) is 2.80. The maximum Gasteiger partial charge on any atom is 0.223 e. The minimum absolute atomic E-state index is 0.169. The molecular weight excluding hydrogens is 226 g/mol. The van der Waals surface area contributed by atoms with Crippen LogP contribution < -0.4 is 11.1 Å². The van der Waals surface area contributed by atoms with Crippen molar-refractivity contribution in [3.05, 3.63) is 0 Å². The summed E-state index contributed by atoms with van der Waals surface area (Å²) in [5.41, 5.74) is 5.82. The van der Waals surface area contributed by atoms with Gasteiger partial charge in [0.2, 0.25) is 5.91 Å². The highest BCUT2D eigenvalue weighted by molar-refractivity contribution is 5.78. The molecule has 0 aliphatic heterocycles. The van der Waals surface area contributed by atoms with Crippen molar-refractivity contribution in [2.45, 2.75) is 52.0 Å². The third-order valence-electron chi connectivity index (χ3n) is 3.94. The number of carbonyl (C=O) groups excluding carboxylic acids is 1. The van der Waals surface area contributed by atoms with Crippen molar-refractivity contribution in [1.82, 2.24) is 10.2 Å². The third kappa shape index (κ3) is 5.36. The number of hydrogen-bond donors (Lipinski definition) is 2. The van der Waals surface area contributed by atoms with Crippen molar-refractivity contribution in [2.75, 3.05) is 26.2 Å². The summed E-state index contributed by atoms with van der Waals surface area (Å²) in [6, 6.07) is 0.239. The molecule has 1 aliphatic rings. The molecule has 0 radical (unpaired) electrons. The number of nitrogens with zero attached hydrogens (tertiary/aromatic N) is 1.